The zero-order valence-electron chi connectivity index (χ0n) is 21.8. The first-order valence-corrected chi connectivity index (χ1v) is 12.2. The van der Waals surface area contributed by atoms with E-state index in [2.05, 4.69) is 46.3 Å². The fourth-order valence-corrected chi connectivity index (χ4v) is 5.11. The molecule has 1 aromatic heterocycles. The fraction of sp³-hybridized carbons (Fsp3) is 0.615. The van der Waals surface area contributed by atoms with Crippen LogP contribution in [0.2, 0.25) is 0 Å². The van der Waals surface area contributed by atoms with Crippen LogP contribution in [0.15, 0.2) is 18.5 Å². The largest absolute Gasteiger partial charge is 0.459 e. The highest BCUT2D eigenvalue weighted by molar-refractivity contribution is 5.93. The van der Waals surface area contributed by atoms with Gasteiger partial charge in [-0.25, -0.2) is 14.8 Å². The highest BCUT2D eigenvalue weighted by atomic mass is 16.7. The molecule has 2 aliphatic rings. The highest BCUT2D eigenvalue weighted by Gasteiger charge is 2.65. The van der Waals surface area contributed by atoms with Crippen LogP contribution >= 0.6 is 0 Å². The van der Waals surface area contributed by atoms with Crippen LogP contribution in [0.3, 0.4) is 0 Å². The van der Waals surface area contributed by atoms with Gasteiger partial charge in [0.1, 0.15) is 17.7 Å². The van der Waals surface area contributed by atoms with Crippen molar-refractivity contribution in [2.75, 3.05) is 18.0 Å². The number of piperidine rings is 1. The summed E-state index contributed by atoms with van der Waals surface area (Å²) >= 11 is 0. The Labute approximate surface area is 206 Å². The SMILES string of the molecule is Cc1cc2ncnc(N3CCC(C4NOC(=O)[C@@]4(N)C(C)(C)C(=O)OC(C)(C)C)CC3)c2cc1C. The Balaban J connectivity index is 1.55. The van der Waals surface area contributed by atoms with Crippen LogP contribution < -0.4 is 16.1 Å². The molecule has 0 spiro atoms. The molecule has 9 heteroatoms. The molecule has 1 unspecified atom stereocenters. The topological polar surface area (TPSA) is 120 Å². The molecule has 0 bridgehead atoms. The number of aryl methyl sites for hydroxylation is 2. The molecule has 9 nitrogen and oxygen atoms in total. The van der Waals surface area contributed by atoms with E-state index >= 15 is 0 Å². The predicted octanol–water partition coefficient (Wildman–Crippen LogP) is 2.96. The summed E-state index contributed by atoms with van der Waals surface area (Å²) in [7, 11) is 0. The Bertz CT molecular complexity index is 1150. The van der Waals surface area contributed by atoms with Crippen molar-refractivity contribution in [3.8, 4) is 0 Å². The second kappa shape index (κ2) is 8.71. The van der Waals surface area contributed by atoms with Crippen LogP contribution in [0.1, 0.15) is 58.6 Å². The Hall–Kier alpha value is -2.78. The lowest BCUT2D eigenvalue weighted by atomic mass is 9.64. The zero-order chi connectivity index (χ0) is 25.8. The number of nitrogens with zero attached hydrogens (tertiary/aromatic N) is 3. The first-order chi connectivity index (χ1) is 16.3. The van der Waals surface area contributed by atoms with Crippen LogP contribution in [0.4, 0.5) is 5.82 Å². The monoisotopic (exact) mass is 483 g/mol. The Kier molecular flexibility index (Phi) is 6.30. The van der Waals surface area contributed by atoms with Crippen molar-refractivity contribution < 1.29 is 19.2 Å². The van der Waals surface area contributed by atoms with Gasteiger partial charge in [0.2, 0.25) is 0 Å². The van der Waals surface area contributed by atoms with E-state index in [4.69, 9.17) is 15.3 Å². The van der Waals surface area contributed by atoms with Gasteiger partial charge in [-0.2, -0.15) is 0 Å². The first kappa shape index (κ1) is 25.3. The molecular weight excluding hydrogens is 446 g/mol. The van der Waals surface area contributed by atoms with Gasteiger partial charge in [-0.05, 0) is 90.5 Å². The third kappa shape index (κ3) is 4.36. The van der Waals surface area contributed by atoms with Crippen molar-refractivity contribution in [3.63, 3.8) is 0 Å². The minimum absolute atomic E-state index is 0.0292. The molecule has 2 aromatic rings. The number of hydrogen-bond donors (Lipinski definition) is 2. The molecular formula is C26H37N5O4. The lowest BCUT2D eigenvalue weighted by molar-refractivity contribution is -0.174. The summed E-state index contributed by atoms with van der Waals surface area (Å²) in [6.45, 7) is 14.3. The van der Waals surface area contributed by atoms with Gasteiger partial charge in [-0.15, -0.1) is 5.48 Å². The van der Waals surface area contributed by atoms with Crippen molar-refractivity contribution in [3.05, 3.63) is 29.6 Å². The van der Waals surface area contributed by atoms with E-state index in [0.29, 0.717) is 0 Å². The molecule has 0 aliphatic carbocycles. The number of nitrogens with two attached hydrogens (primary N) is 1. The smallest absolute Gasteiger partial charge is 0.347 e. The molecule has 2 aliphatic heterocycles. The highest BCUT2D eigenvalue weighted by Crippen LogP contribution is 2.43. The number of carbonyl (C=O) groups excluding carboxylic acids is 2. The number of rotatable bonds is 4. The number of ether oxygens (including phenoxy) is 1. The molecule has 190 valence electrons. The lowest BCUT2D eigenvalue weighted by Crippen LogP contribution is -2.69. The minimum atomic E-state index is -1.56. The standard InChI is InChI=1S/C26H37N5O4/c1-15-12-18-19(13-16(15)2)28-14-29-21(18)31-10-8-17(9-11-31)20-26(27,23(33)35-30-20)25(6,7)22(32)34-24(3,4)5/h12-14,17,20,30H,8-11,27H2,1-7H3/t20?,26-/m1/s1. The summed E-state index contributed by atoms with van der Waals surface area (Å²) in [4.78, 5) is 42.6. The zero-order valence-corrected chi connectivity index (χ0v) is 21.8. The second-order valence-corrected chi connectivity index (χ2v) is 11.5. The van der Waals surface area contributed by atoms with E-state index in [-0.39, 0.29) is 5.92 Å². The summed E-state index contributed by atoms with van der Waals surface area (Å²) < 4.78 is 5.62. The summed E-state index contributed by atoms with van der Waals surface area (Å²) in [6.07, 6.45) is 3.12. The molecule has 0 radical (unpaired) electrons. The molecule has 1 aromatic carbocycles. The Morgan fingerprint density at radius 3 is 2.40 bits per heavy atom. The summed E-state index contributed by atoms with van der Waals surface area (Å²) in [6, 6.07) is 3.72. The Morgan fingerprint density at radius 1 is 1.14 bits per heavy atom. The summed E-state index contributed by atoms with van der Waals surface area (Å²) in [5.74, 6) is -0.208. The third-order valence-electron chi connectivity index (χ3n) is 7.59. The van der Waals surface area contributed by atoms with E-state index in [0.717, 1.165) is 42.7 Å². The number of esters is 1. The van der Waals surface area contributed by atoms with Crippen molar-refractivity contribution in [1.82, 2.24) is 15.4 Å². The predicted molar refractivity (Wildman–Crippen MR) is 134 cm³/mol. The van der Waals surface area contributed by atoms with Crippen molar-refractivity contribution in [2.45, 2.75) is 78.5 Å². The quantitative estimate of drug-likeness (QED) is 0.632. The number of anilines is 1. The molecule has 3 heterocycles. The maximum absolute atomic E-state index is 13.1. The van der Waals surface area contributed by atoms with E-state index in [1.54, 1.807) is 40.9 Å². The van der Waals surface area contributed by atoms with Gasteiger partial charge in [0.25, 0.3) is 0 Å². The maximum atomic E-state index is 13.1. The average molecular weight is 484 g/mol. The number of fused-ring (bicyclic) bond motifs is 1. The molecule has 2 fully saturated rings. The van der Waals surface area contributed by atoms with E-state index in [9.17, 15) is 9.59 Å². The van der Waals surface area contributed by atoms with E-state index in [1.165, 1.54) is 11.1 Å². The van der Waals surface area contributed by atoms with E-state index in [1.807, 2.05) is 0 Å². The van der Waals surface area contributed by atoms with Gasteiger partial charge in [0, 0.05) is 18.5 Å². The third-order valence-corrected chi connectivity index (χ3v) is 7.59. The molecule has 4 rings (SSSR count). The second-order valence-electron chi connectivity index (χ2n) is 11.5. The van der Waals surface area contributed by atoms with Gasteiger partial charge in [0.15, 0.2) is 5.54 Å². The molecule has 35 heavy (non-hydrogen) atoms. The fourth-order valence-electron chi connectivity index (χ4n) is 5.11. The van der Waals surface area contributed by atoms with Crippen LogP contribution in [0.5, 0.6) is 0 Å². The van der Waals surface area contributed by atoms with Crippen molar-refractivity contribution >= 4 is 28.7 Å². The molecule has 0 amide bonds. The van der Waals surface area contributed by atoms with Crippen molar-refractivity contribution in [2.24, 2.45) is 17.1 Å². The molecule has 2 atom stereocenters. The number of benzene rings is 1. The van der Waals surface area contributed by atoms with Crippen LogP contribution in [0.25, 0.3) is 10.9 Å². The molecule has 0 saturated carbocycles. The van der Waals surface area contributed by atoms with Gasteiger partial charge in [0.05, 0.1) is 17.0 Å². The van der Waals surface area contributed by atoms with Crippen LogP contribution in [0, 0.1) is 25.2 Å². The van der Waals surface area contributed by atoms with Gasteiger partial charge < -0.3 is 20.2 Å². The number of hydrogen-bond acceptors (Lipinski definition) is 9. The van der Waals surface area contributed by atoms with Crippen LogP contribution in [-0.2, 0) is 19.2 Å². The number of hydroxylamine groups is 1. The normalized spacial score (nSPS) is 24.1. The van der Waals surface area contributed by atoms with Crippen molar-refractivity contribution in [1.29, 1.82) is 0 Å². The van der Waals surface area contributed by atoms with Gasteiger partial charge in [-0.1, -0.05) is 0 Å². The van der Waals surface area contributed by atoms with Crippen LogP contribution in [-0.4, -0.2) is 52.2 Å². The lowest BCUT2D eigenvalue weighted by Gasteiger charge is -2.44. The number of aromatic nitrogens is 2. The number of carbonyl (C=O) groups is 2. The maximum Gasteiger partial charge on any atom is 0.347 e. The average Bonchev–Trinajstić information content (AvgIpc) is 3.09. The molecule has 2 saturated heterocycles. The van der Waals surface area contributed by atoms with E-state index < -0.39 is 34.5 Å². The van der Waals surface area contributed by atoms with Gasteiger partial charge >= 0.3 is 11.9 Å². The van der Waals surface area contributed by atoms with Gasteiger partial charge in [-0.3, -0.25) is 4.79 Å². The summed E-state index contributed by atoms with van der Waals surface area (Å²) in [5, 5.41) is 1.03. The first-order valence-electron chi connectivity index (χ1n) is 12.2. The molecule has 3 N–H and O–H groups in total. The number of nitrogens with one attached hydrogen (secondary N) is 1. The minimum Gasteiger partial charge on any atom is -0.459 e. The summed E-state index contributed by atoms with van der Waals surface area (Å²) in [5.41, 5.74) is 9.40. The Morgan fingerprint density at radius 2 is 1.77 bits per heavy atom.